The Balaban J connectivity index is 1.68. The second-order valence-electron chi connectivity index (χ2n) is 6.11. The van der Waals surface area contributed by atoms with Gasteiger partial charge in [-0.15, -0.1) is 0 Å². The minimum atomic E-state index is 0.551. The van der Waals surface area contributed by atoms with Gasteiger partial charge in [-0.2, -0.15) is 0 Å². The summed E-state index contributed by atoms with van der Waals surface area (Å²) in [5.41, 5.74) is 2.09. The third kappa shape index (κ3) is 1.75. The van der Waals surface area contributed by atoms with Crippen molar-refractivity contribution < 1.29 is 0 Å². The zero-order valence-corrected chi connectivity index (χ0v) is 10.4. The molecule has 3 aliphatic rings. The molecule has 0 radical (unpaired) electrons. The lowest BCUT2D eigenvalue weighted by Gasteiger charge is -2.40. The van der Waals surface area contributed by atoms with Crippen molar-refractivity contribution in [2.24, 2.45) is 11.3 Å². The summed E-state index contributed by atoms with van der Waals surface area (Å²) in [4.78, 5) is 2.71. The van der Waals surface area contributed by atoms with Gasteiger partial charge in [0.25, 0.3) is 0 Å². The van der Waals surface area contributed by atoms with Gasteiger partial charge in [0.15, 0.2) is 0 Å². The Bertz CT molecular complexity index is 324. The number of nitrogens with zero attached hydrogens (tertiary/aromatic N) is 1. The van der Waals surface area contributed by atoms with Crippen LogP contribution >= 0.6 is 0 Å². The van der Waals surface area contributed by atoms with E-state index in [0.29, 0.717) is 5.41 Å². The van der Waals surface area contributed by atoms with E-state index in [2.05, 4.69) is 30.6 Å². The van der Waals surface area contributed by atoms with E-state index in [1.807, 2.05) is 0 Å². The molecule has 1 saturated heterocycles. The highest BCUT2D eigenvalue weighted by molar-refractivity contribution is 5.23. The largest absolute Gasteiger partial charge is 0.296 e. The molecule has 2 aliphatic carbocycles. The number of hydrogen-bond acceptors (Lipinski definition) is 1. The predicted molar refractivity (Wildman–Crippen MR) is 68.3 cm³/mol. The van der Waals surface area contributed by atoms with Crippen molar-refractivity contribution in [2.75, 3.05) is 13.1 Å². The number of hydrogen-bond donors (Lipinski definition) is 0. The van der Waals surface area contributed by atoms with Crippen LogP contribution in [0.2, 0.25) is 0 Å². The van der Waals surface area contributed by atoms with Crippen molar-refractivity contribution in [3.63, 3.8) is 0 Å². The minimum absolute atomic E-state index is 0.551. The maximum atomic E-state index is 4.28. The van der Waals surface area contributed by atoms with Crippen LogP contribution in [-0.4, -0.2) is 24.0 Å². The fraction of sp³-hybridized carbons (Fsp3) is 0.733. The van der Waals surface area contributed by atoms with E-state index in [1.165, 1.54) is 50.8 Å². The van der Waals surface area contributed by atoms with Crippen molar-refractivity contribution in [3.05, 3.63) is 24.3 Å². The lowest BCUT2D eigenvalue weighted by Crippen LogP contribution is -2.44. The lowest BCUT2D eigenvalue weighted by atomic mass is 9.86. The van der Waals surface area contributed by atoms with Crippen LogP contribution in [0.3, 0.4) is 0 Å². The standard InChI is InChI=1S/C15H23N/c1-12-3-5-14(6-4-12)16-10-7-13(2)15(11-16)8-9-15/h3,5,12,14H,2,4,6-11H2,1H3. The first-order chi connectivity index (χ1) is 7.70. The van der Waals surface area contributed by atoms with Gasteiger partial charge in [-0.25, -0.2) is 0 Å². The predicted octanol–water partition coefficient (Wildman–Crippen LogP) is 3.38. The second-order valence-corrected chi connectivity index (χ2v) is 6.11. The number of allylic oxidation sites excluding steroid dienone is 1. The molecule has 0 amide bonds. The van der Waals surface area contributed by atoms with Gasteiger partial charge in [-0.05, 0) is 38.0 Å². The van der Waals surface area contributed by atoms with E-state index >= 15 is 0 Å². The van der Waals surface area contributed by atoms with Crippen LogP contribution < -0.4 is 0 Å². The van der Waals surface area contributed by atoms with Gasteiger partial charge < -0.3 is 0 Å². The fourth-order valence-corrected chi connectivity index (χ4v) is 3.32. The van der Waals surface area contributed by atoms with Crippen LogP contribution in [0.1, 0.15) is 39.0 Å². The van der Waals surface area contributed by atoms with Crippen molar-refractivity contribution in [1.29, 1.82) is 0 Å². The summed E-state index contributed by atoms with van der Waals surface area (Å²) in [6.07, 6.45) is 11.6. The van der Waals surface area contributed by atoms with Gasteiger partial charge in [-0.3, -0.25) is 4.90 Å². The number of rotatable bonds is 1. The molecule has 88 valence electrons. The molecule has 1 heteroatoms. The second kappa shape index (κ2) is 3.73. The van der Waals surface area contributed by atoms with E-state index in [-0.39, 0.29) is 0 Å². The Labute approximate surface area is 99.2 Å². The molecule has 0 N–H and O–H groups in total. The first kappa shape index (κ1) is 10.6. The normalized spacial score (nSPS) is 37.9. The van der Waals surface area contributed by atoms with E-state index in [9.17, 15) is 0 Å². The van der Waals surface area contributed by atoms with Gasteiger partial charge in [0.1, 0.15) is 0 Å². The first-order valence-corrected chi connectivity index (χ1v) is 6.80. The highest BCUT2D eigenvalue weighted by Gasteiger charge is 2.48. The highest BCUT2D eigenvalue weighted by atomic mass is 15.2. The number of piperidine rings is 1. The molecule has 2 fully saturated rings. The van der Waals surface area contributed by atoms with Crippen LogP contribution in [0.15, 0.2) is 24.3 Å². The van der Waals surface area contributed by atoms with E-state index < -0.39 is 0 Å². The molecule has 2 atom stereocenters. The molecule has 2 unspecified atom stereocenters. The third-order valence-electron chi connectivity index (χ3n) is 4.86. The molecule has 0 bridgehead atoms. The molecule has 3 rings (SSSR count). The Morgan fingerprint density at radius 1 is 1.31 bits per heavy atom. The highest BCUT2D eigenvalue weighted by Crippen LogP contribution is 2.55. The van der Waals surface area contributed by atoms with Gasteiger partial charge in [-0.1, -0.05) is 31.2 Å². The fourth-order valence-electron chi connectivity index (χ4n) is 3.32. The Morgan fingerprint density at radius 2 is 2.12 bits per heavy atom. The molecule has 0 aromatic carbocycles. The van der Waals surface area contributed by atoms with E-state index in [4.69, 9.17) is 0 Å². The monoisotopic (exact) mass is 217 g/mol. The Hall–Kier alpha value is -0.560. The topological polar surface area (TPSA) is 3.24 Å². The summed E-state index contributed by atoms with van der Waals surface area (Å²) in [6.45, 7) is 9.13. The van der Waals surface area contributed by atoms with Crippen molar-refractivity contribution >= 4 is 0 Å². The molecule has 0 aromatic heterocycles. The molecule has 16 heavy (non-hydrogen) atoms. The van der Waals surface area contributed by atoms with Gasteiger partial charge >= 0.3 is 0 Å². The summed E-state index contributed by atoms with van der Waals surface area (Å²) in [6, 6.07) is 0.724. The van der Waals surface area contributed by atoms with Gasteiger partial charge in [0.2, 0.25) is 0 Å². The van der Waals surface area contributed by atoms with Crippen molar-refractivity contribution in [1.82, 2.24) is 4.90 Å². The molecule has 1 spiro atoms. The van der Waals surface area contributed by atoms with E-state index in [1.54, 1.807) is 0 Å². The lowest BCUT2D eigenvalue weighted by molar-refractivity contribution is 0.155. The molecule has 1 nitrogen and oxygen atoms in total. The van der Waals surface area contributed by atoms with Gasteiger partial charge in [0, 0.05) is 24.5 Å². The maximum absolute atomic E-state index is 4.28. The average molecular weight is 217 g/mol. The molecular formula is C15H23N. The number of likely N-dealkylation sites (tertiary alicyclic amines) is 1. The zero-order chi connectivity index (χ0) is 11.2. The zero-order valence-electron chi connectivity index (χ0n) is 10.4. The SMILES string of the molecule is C=C1CCN(C2C=CC(C)CC2)CC12CC2. The Kier molecular flexibility index (Phi) is 2.47. The van der Waals surface area contributed by atoms with Crippen LogP contribution in [0.25, 0.3) is 0 Å². The van der Waals surface area contributed by atoms with E-state index in [0.717, 1.165) is 12.0 Å². The van der Waals surface area contributed by atoms with Crippen LogP contribution in [0.4, 0.5) is 0 Å². The summed E-state index contributed by atoms with van der Waals surface area (Å²) in [5.74, 6) is 0.797. The summed E-state index contributed by atoms with van der Waals surface area (Å²) in [5, 5.41) is 0. The average Bonchev–Trinajstić information content (AvgIpc) is 3.05. The Morgan fingerprint density at radius 3 is 2.75 bits per heavy atom. The molecule has 1 heterocycles. The molecule has 1 aliphatic heterocycles. The quantitative estimate of drug-likeness (QED) is 0.609. The summed E-state index contributed by atoms with van der Waals surface area (Å²) >= 11 is 0. The molecular weight excluding hydrogens is 194 g/mol. The molecule has 1 saturated carbocycles. The van der Waals surface area contributed by atoms with Crippen molar-refractivity contribution in [2.45, 2.75) is 45.1 Å². The van der Waals surface area contributed by atoms with Crippen LogP contribution in [-0.2, 0) is 0 Å². The molecule has 0 aromatic rings. The van der Waals surface area contributed by atoms with Crippen LogP contribution in [0, 0.1) is 11.3 Å². The summed E-state index contributed by atoms with van der Waals surface area (Å²) < 4.78 is 0. The van der Waals surface area contributed by atoms with Gasteiger partial charge in [0.05, 0.1) is 0 Å². The third-order valence-corrected chi connectivity index (χ3v) is 4.86. The first-order valence-electron chi connectivity index (χ1n) is 6.80. The summed E-state index contributed by atoms with van der Waals surface area (Å²) in [7, 11) is 0. The maximum Gasteiger partial charge on any atom is 0.0278 e. The van der Waals surface area contributed by atoms with Crippen molar-refractivity contribution in [3.8, 4) is 0 Å². The smallest absolute Gasteiger partial charge is 0.0278 e. The van der Waals surface area contributed by atoms with Crippen LogP contribution in [0.5, 0.6) is 0 Å². The minimum Gasteiger partial charge on any atom is -0.296 e.